The number of nitrogens with one attached hydrogen (secondary N) is 2. The zero-order valence-corrected chi connectivity index (χ0v) is 16.9. The van der Waals surface area contributed by atoms with E-state index in [1.807, 2.05) is 0 Å². The highest BCUT2D eigenvalue weighted by Crippen LogP contribution is 2.61. The molecule has 25 heavy (non-hydrogen) atoms. The van der Waals surface area contributed by atoms with E-state index < -0.39 is 0 Å². The molecule has 2 aliphatic rings. The molecule has 0 saturated heterocycles. The van der Waals surface area contributed by atoms with Gasteiger partial charge in [0.1, 0.15) is 5.75 Å². The number of rotatable bonds is 3. The molecular formula is C18H23Cl2N3OS. The number of hydrogen-bond acceptors (Lipinski definition) is 3. The Morgan fingerprint density at radius 2 is 1.96 bits per heavy atom. The van der Waals surface area contributed by atoms with Crippen molar-refractivity contribution in [2.75, 3.05) is 0 Å². The Kier molecular flexibility index (Phi) is 4.95. The largest absolute Gasteiger partial charge is 0.506 e. The van der Waals surface area contributed by atoms with E-state index in [1.54, 1.807) is 6.07 Å². The molecule has 3 rings (SSSR count). The molecule has 0 radical (unpaired) electrons. The molecule has 1 aromatic rings. The second kappa shape index (κ2) is 6.60. The summed E-state index contributed by atoms with van der Waals surface area (Å²) >= 11 is 17.3. The molecule has 3 unspecified atom stereocenters. The Balaban J connectivity index is 1.66. The van der Waals surface area contributed by atoms with Gasteiger partial charge >= 0.3 is 0 Å². The van der Waals surface area contributed by atoms with Gasteiger partial charge in [-0.3, -0.25) is 5.43 Å². The fraction of sp³-hybridized carbons (Fsp3) is 0.556. The Bertz CT molecular complexity index is 737. The van der Waals surface area contributed by atoms with Crippen molar-refractivity contribution in [3.8, 4) is 5.75 Å². The Labute approximate surface area is 164 Å². The first-order valence-corrected chi connectivity index (χ1v) is 9.61. The van der Waals surface area contributed by atoms with Crippen molar-refractivity contribution in [3.05, 3.63) is 27.7 Å². The highest BCUT2D eigenvalue weighted by Gasteiger charge is 2.60. The van der Waals surface area contributed by atoms with Crippen LogP contribution < -0.4 is 10.7 Å². The van der Waals surface area contributed by atoms with E-state index in [4.69, 9.17) is 35.4 Å². The van der Waals surface area contributed by atoms with Gasteiger partial charge in [0.2, 0.25) is 0 Å². The number of phenolic OH excluding ortho intramolecular Hbond substituents is 1. The summed E-state index contributed by atoms with van der Waals surface area (Å²) in [7, 11) is 0. The number of hydrazone groups is 1. The van der Waals surface area contributed by atoms with Crippen molar-refractivity contribution in [1.82, 2.24) is 10.7 Å². The number of thiocarbonyl (C=S) groups is 1. The normalized spacial score (nSPS) is 30.0. The lowest BCUT2D eigenvalue weighted by Crippen LogP contribution is -2.60. The van der Waals surface area contributed by atoms with Crippen LogP contribution in [0.25, 0.3) is 0 Å². The van der Waals surface area contributed by atoms with Gasteiger partial charge in [-0.25, -0.2) is 0 Å². The third-order valence-electron chi connectivity index (χ3n) is 6.41. The van der Waals surface area contributed by atoms with Crippen LogP contribution in [0.4, 0.5) is 0 Å². The smallest absolute Gasteiger partial charge is 0.187 e. The Morgan fingerprint density at radius 3 is 2.60 bits per heavy atom. The van der Waals surface area contributed by atoms with Crippen molar-refractivity contribution < 1.29 is 5.11 Å². The van der Waals surface area contributed by atoms with Gasteiger partial charge in [0.05, 0.1) is 11.2 Å². The minimum Gasteiger partial charge on any atom is -0.506 e. The molecule has 4 nitrogen and oxygen atoms in total. The van der Waals surface area contributed by atoms with Crippen molar-refractivity contribution in [3.63, 3.8) is 0 Å². The van der Waals surface area contributed by atoms with Gasteiger partial charge in [-0.15, -0.1) is 0 Å². The molecule has 0 aromatic heterocycles. The van der Waals surface area contributed by atoms with Crippen LogP contribution in [0.2, 0.25) is 10.0 Å². The van der Waals surface area contributed by atoms with E-state index in [2.05, 4.69) is 36.6 Å². The lowest BCUT2D eigenvalue weighted by Gasteiger charge is -2.48. The van der Waals surface area contributed by atoms with Gasteiger partial charge in [0, 0.05) is 16.1 Å². The molecule has 7 heteroatoms. The molecule has 136 valence electrons. The summed E-state index contributed by atoms with van der Waals surface area (Å²) in [5, 5.41) is 18.6. The number of aromatic hydroxyl groups is 1. The highest BCUT2D eigenvalue weighted by molar-refractivity contribution is 7.80. The van der Waals surface area contributed by atoms with Crippen LogP contribution >= 0.6 is 35.4 Å². The van der Waals surface area contributed by atoms with Crippen LogP contribution in [-0.2, 0) is 0 Å². The van der Waals surface area contributed by atoms with Crippen molar-refractivity contribution >= 4 is 46.7 Å². The molecule has 3 atom stereocenters. The molecule has 0 spiro atoms. The van der Waals surface area contributed by atoms with Crippen molar-refractivity contribution in [2.24, 2.45) is 22.4 Å². The molecule has 1 aromatic carbocycles. The molecule has 2 bridgehead atoms. The second-order valence-corrected chi connectivity index (χ2v) is 9.03. The maximum absolute atomic E-state index is 9.94. The van der Waals surface area contributed by atoms with E-state index in [1.165, 1.54) is 31.5 Å². The molecule has 0 amide bonds. The number of phenols is 1. The first-order valence-electron chi connectivity index (χ1n) is 8.44. The first kappa shape index (κ1) is 18.7. The monoisotopic (exact) mass is 399 g/mol. The third-order valence-corrected chi connectivity index (χ3v) is 7.11. The third kappa shape index (κ3) is 3.22. The first-order chi connectivity index (χ1) is 11.6. The minimum absolute atomic E-state index is 0.0446. The van der Waals surface area contributed by atoms with Crippen LogP contribution in [0.1, 0.15) is 45.6 Å². The van der Waals surface area contributed by atoms with E-state index in [0.29, 0.717) is 21.6 Å². The molecule has 3 N–H and O–H groups in total. The fourth-order valence-electron chi connectivity index (χ4n) is 4.48. The lowest BCUT2D eigenvalue weighted by molar-refractivity contribution is 0.0833. The Morgan fingerprint density at radius 1 is 1.28 bits per heavy atom. The van der Waals surface area contributed by atoms with Gasteiger partial charge in [-0.1, -0.05) is 37.0 Å². The summed E-state index contributed by atoms with van der Waals surface area (Å²) in [6.07, 6.45) is 5.27. The quantitative estimate of drug-likeness (QED) is 0.391. The predicted molar refractivity (Wildman–Crippen MR) is 108 cm³/mol. The minimum atomic E-state index is -0.0586. The number of hydrogen-bond donors (Lipinski definition) is 3. The summed E-state index contributed by atoms with van der Waals surface area (Å²) in [4.78, 5) is 0. The van der Waals surface area contributed by atoms with Crippen LogP contribution in [0, 0.1) is 17.3 Å². The van der Waals surface area contributed by atoms with Crippen LogP contribution in [-0.4, -0.2) is 22.0 Å². The van der Waals surface area contributed by atoms with E-state index in [0.717, 1.165) is 5.92 Å². The molecule has 2 saturated carbocycles. The zero-order valence-electron chi connectivity index (χ0n) is 14.6. The van der Waals surface area contributed by atoms with Crippen molar-refractivity contribution in [2.45, 2.75) is 45.6 Å². The Hall–Kier alpha value is -1.04. The molecular weight excluding hydrogens is 377 g/mol. The van der Waals surface area contributed by atoms with Gasteiger partial charge in [0.15, 0.2) is 5.11 Å². The standard InChI is InChI=1S/C18H23Cl2N3OS/c1-17(2)11-4-5-12(7-11)18(17,3)22-16(25)23-21-9-10-6-13(19)8-14(20)15(10)24/h6,8-9,11-12,24H,4-5,7H2,1-3H3,(H2,22,23,25). The fourth-order valence-corrected chi connectivity index (χ4v) is 5.26. The van der Waals surface area contributed by atoms with Gasteiger partial charge in [-0.05, 0) is 67.8 Å². The lowest BCUT2D eigenvalue weighted by atomic mass is 9.64. The number of benzene rings is 1. The number of halogens is 2. The predicted octanol–water partition coefficient (Wildman–Crippen LogP) is 4.71. The molecule has 2 fully saturated rings. The molecule has 2 aliphatic carbocycles. The summed E-state index contributed by atoms with van der Waals surface area (Å²) in [5.41, 5.74) is 3.41. The summed E-state index contributed by atoms with van der Waals surface area (Å²) < 4.78 is 0. The maximum atomic E-state index is 9.94. The highest BCUT2D eigenvalue weighted by atomic mass is 35.5. The van der Waals surface area contributed by atoms with Gasteiger partial charge < -0.3 is 10.4 Å². The average molecular weight is 400 g/mol. The zero-order chi connectivity index (χ0) is 18.4. The van der Waals surface area contributed by atoms with Gasteiger partial charge in [-0.2, -0.15) is 5.10 Å². The van der Waals surface area contributed by atoms with Crippen LogP contribution in [0.15, 0.2) is 17.2 Å². The van der Waals surface area contributed by atoms with Crippen molar-refractivity contribution in [1.29, 1.82) is 0 Å². The van der Waals surface area contributed by atoms with E-state index in [9.17, 15) is 5.11 Å². The van der Waals surface area contributed by atoms with E-state index in [-0.39, 0.29) is 21.7 Å². The molecule has 0 heterocycles. The maximum Gasteiger partial charge on any atom is 0.187 e. The van der Waals surface area contributed by atoms with Crippen LogP contribution in [0.5, 0.6) is 5.75 Å². The number of fused-ring (bicyclic) bond motifs is 2. The topological polar surface area (TPSA) is 56.7 Å². The molecule has 0 aliphatic heterocycles. The number of nitrogens with zero attached hydrogens (tertiary/aromatic N) is 1. The average Bonchev–Trinajstić information content (AvgIpc) is 3.07. The van der Waals surface area contributed by atoms with Gasteiger partial charge in [0.25, 0.3) is 0 Å². The summed E-state index contributed by atoms with van der Waals surface area (Å²) in [6.45, 7) is 6.90. The summed E-state index contributed by atoms with van der Waals surface area (Å²) in [6, 6.07) is 3.07. The summed E-state index contributed by atoms with van der Waals surface area (Å²) in [5.74, 6) is 1.32. The van der Waals surface area contributed by atoms with E-state index >= 15 is 0 Å². The SMILES string of the molecule is CC1(C)C2CCC(C2)C1(C)NC(=S)NN=Cc1cc(Cl)cc(Cl)c1O. The second-order valence-electron chi connectivity index (χ2n) is 7.78. The van der Waals surface area contributed by atoms with Crippen LogP contribution in [0.3, 0.4) is 0 Å².